The standard InChI is InChI=1S/C22H19Cl2FN6O2/c1-12(19-16(23)2-3-17(25)20(19)24)33-31-18-8-13(9-27-21(18)29-22(31)32)14-10-28-30(11-14)15-4-6-26-7-5-15/h2-3,6,8-12,15H,4-5,7H2,1H3,(H,27,29,32). The molecular weight excluding hydrogens is 470 g/mol. The van der Waals surface area contributed by atoms with Crippen LogP contribution in [-0.2, 0) is 0 Å². The summed E-state index contributed by atoms with van der Waals surface area (Å²) in [5.74, 6) is -0.622. The third kappa shape index (κ3) is 4.02. The van der Waals surface area contributed by atoms with Crippen molar-refractivity contribution in [2.45, 2.75) is 31.9 Å². The molecule has 1 aliphatic rings. The van der Waals surface area contributed by atoms with Gasteiger partial charge < -0.3 is 4.84 Å². The number of fused-ring (bicyclic) bond motifs is 1. The van der Waals surface area contributed by atoms with E-state index in [1.54, 1.807) is 25.4 Å². The van der Waals surface area contributed by atoms with Crippen LogP contribution in [-0.4, -0.2) is 37.2 Å². The second-order valence-corrected chi connectivity index (χ2v) is 8.58. The Morgan fingerprint density at radius 2 is 2.12 bits per heavy atom. The molecule has 1 aliphatic heterocycles. The number of aliphatic imine (C=N–C) groups is 1. The molecule has 11 heteroatoms. The van der Waals surface area contributed by atoms with Crippen molar-refractivity contribution in [1.29, 1.82) is 0 Å². The number of hydrogen-bond acceptors (Lipinski definition) is 5. The van der Waals surface area contributed by atoms with E-state index in [1.807, 2.05) is 17.1 Å². The molecule has 0 saturated carbocycles. The van der Waals surface area contributed by atoms with E-state index in [0.717, 1.165) is 35.2 Å². The number of H-pyrrole nitrogens is 1. The van der Waals surface area contributed by atoms with Gasteiger partial charge in [-0.25, -0.2) is 14.2 Å². The molecule has 0 spiro atoms. The number of nitrogens with one attached hydrogen (secondary N) is 1. The zero-order chi connectivity index (χ0) is 23.1. The summed E-state index contributed by atoms with van der Waals surface area (Å²) in [7, 11) is 0. The molecule has 2 atom stereocenters. The van der Waals surface area contributed by atoms with Gasteiger partial charge in [0.2, 0.25) is 0 Å². The van der Waals surface area contributed by atoms with Crippen molar-refractivity contribution in [3.05, 3.63) is 68.7 Å². The molecule has 5 rings (SSSR count). The predicted octanol–water partition coefficient (Wildman–Crippen LogP) is 4.63. The molecule has 33 heavy (non-hydrogen) atoms. The van der Waals surface area contributed by atoms with E-state index < -0.39 is 17.6 Å². The van der Waals surface area contributed by atoms with Gasteiger partial charge in [0.25, 0.3) is 0 Å². The number of nitrogens with zero attached hydrogens (tertiary/aromatic N) is 5. The maximum atomic E-state index is 14.0. The van der Waals surface area contributed by atoms with Gasteiger partial charge in [0, 0.05) is 53.3 Å². The first-order valence-electron chi connectivity index (χ1n) is 10.4. The SMILES string of the molecule is CC(On1c(=O)[nH]c2ncc(-c3cnn(C4CC=NCC4)c3)cc21)c1c(Cl)ccc(F)c1Cl. The second kappa shape index (κ2) is 8.64. The van der Waals surface area contributed by atoms with Gasteiger partial charge in [-0.05, 0) is 31.5 Å². The first-order chi connectivity index (χ1) is 15.9. The van der Waals surface area contributed by atoms with E-state index in [2.05, 4.69) is 20.1 Å². The molecule has 0 amide bonds. The maximum absolute atomic E-state index is 14.0. The quantitative estimate of drug-likeness (QED) is 0.414. The Morgan fingerprint density at radius 1 is 1.27 bits per heavy atom. The van der Waals surface area contributed by atoms with Gasteiger partial charge in [-0.3, -0.25) is 14.7 Å². The first kappa shape index (κ1) is 21.7. The van der Waals surface area contributed by atoms with Crippen molar-refractivity contribution in [2.24, 2.45) is 4.99 Å². The molecule has 170 valence electrons. The number of aromatic amines is 1. The molecule has 1 N–H and O–H groups in total. The fraction of sp³-hybridized carbons (Fsp3) is 0.273. The van der Waals surface area contributed by atoms with Crippen LogP contribution in [0.4, 0.5) is 4.39 Å². The fourth-order valence-corrected chi connectivity index (χ4v) is 4.59. The van der Waals surface area contributed by atoms with Crippen LogP contribution in [0.15, 0.2) is 46.6 Å². The maximum Gasteiger partial charge on any atom is 0.360 e. The molecule has 4 heterocycles. The van der Waals surface area contributed by atoms with E-state index in [9.17, 15) is 9.18 Å². The highest BCUT2D eigenvalue weighted by molar-refractivity contribution is 6.36. The van der Waals surface area contributed by atoms with E-state index in [4.69, 9.17) is 28.0 Å². The van der Waals surface area contributed by atoms with Gasteiger partial charge in [0.1, 0.15) is 11.3 Å². The summed E-state index contributed by atoms with van der Waals surface area (Å²) in [4.78, 5) is 29.7. The van der Waals surface area contributed by atoms with Crippen LogP contribution in [0.25, 0.3) is 22.3 Å². The lowest BCUT2D eigenvalue weighted by Gasteiger charge is -2.18. The van der Waals surface area contributed by atoms with Crippen LogP contribution in [0.3, 0.4) is 0 Å². The van der Waals surface area contributed by atoms with Crippen molar-refractivity contribution in [2.75, 3.05) is 6.54 Å². The van der Waals surface area contributed by atoms with Crippen LogP contribution in [0.5, 0.6) is 0 Å². The first-order valence-corrected chi connectivity index (χ1v) is 11.1. The predicted molar refractivity (Wildman–Crippen MR) is 125 cm³/mol. The van der Waals surface area contributed by atoms with E-state index >= 15 is 0 Å². The minimum atomic E-state index is -0.809. The number of halogens is 3. The smallest absolute Gasteiger partial charge is 0.360 e. The summed E-state index contributed by atoms with van der Waals surface area (Å²) in [6.45, 7) is 2.42. The molecule has 0 fully saturated rings. The average molecular weight is 489 g/mol. The molecule has 8 nitrogen and oxygen atoms in total. The topological polar surface area (TPSA) is 90.1 Å². The Morgan fingerprint density at radius 3 is 2.91 bits per heavy atom. The van der Waals surface area contributed by atoms with Gasteiger partial charge in [-0.15, -0.1) is 4.73 Å². The summed E-state index contributed by atoms with van der Waals surface area (Å²) >= 11 is 12.3. The lowest BCUT2D eigenvalue weighted by atomic mass is 10.1. The lowest BCUT2D eigenvalue weighted by Crippen LogP contribution is -2.26. The monoisotopic (exact) mass is 488 g/mol. The molecule has 0 bridgehead atoms. The largest absolute Gasteiger partial charge is 0.401 e. The van der Waals surface area contributed by atoms with Crippen LogP contribution in [0.1, 0.15) is 37.5 Å². The van der Waals surface area contributed by atoms with Crippen molar-refractivity contribution in [3.63, 3.8) is 0 Å². The highest BCUT2D eigenvalue weighted by Crippen LogP contribution is 2.33. The highest BCUT2D eigenvalue weighted by Gasteiger charge is 2.22. The van der Waals surface area contributed by atoms with Crippen LogP contribution >= 0.6 is 23.2 Å². The third-order valence-electron chi connectivity index (χ3n) is 5.65. The number of rotatable bonds is 5. The number of benzene rings is 1. The number of hydrogen-bond donors (Lipinski definition) is 1. The van der Waals surface area contributed by atoms with Gasteiger partial charge in [-0.1, -0.05) is 23.2 Å². The summed E-state index contributed by atoms with van der Waals surface area (Å²) in [5.41, 5.74) is 2.12. The van der Waals surface area contributed by atoms with Crippen molar-refractivity contribution in [1.82, 2.24) is 24.5 Å². The van der Waals surface area contributed by atoms with Crippen molar-refractivity contribution >= 4 is 40.6 Å². The molecule has 4 aromatic rings. The zero-order valence-corrected chi connectivity index (χ0v) is 19.0. The highest BCUT2D eigenvalue weighted by atomic mass is 35.5. The van der Waals surface area contributed by atoms with Gasteiger partial charge in [0.05, 0.1) is 17.3 Å². The fourth-order valence-electron chi connectivity index (χ4n) is 3.91. The normalized spacial score (nSPS) is 16.9. The molecule has 2 unspecified atom stereocenters. The summed E-state index contributed by atoms with van der Waals surface area (Å²) in [5, 5.41) is 4.58. The van der Waals surface area contributed by atoms with Crippen LogP contribution in [0, 0.1) is 5.82 Å². The van der Waals surface area contributed by atoms with Gasteiger partial charge in [-0.2, -0.15) is 5.10 Å². The Hall–Kier alpha value is -3.17. The third-order valence-corrected chi connectivity index (χ3v) is 6.37. The Bertz CT molecular complexity index is 1430. The number of imidazole rings is 1. The molecule has 1 aromatic carbocycles. The van der Waals surface area contributed by atoms with Crippen LogP contribution < -0.4 is 10.5 Å². The Labute approximate surface area is 197 Å². The Balaban J connectivity index is 1.49. The summed E-state index contributed by atoms with van der Waals surface area (Å²) in [6.07, 6.45) is 8.27. The summed E-state index contributed by atoms with van der Waals surface area (Å²) < 4.78 is 17.0. The average Bonchev–Trinajstić information content (AvgIpc) is 3.42. The van der Waals surface area contributed by atoms with E-state index in [1.165, 1.54) is 12.1 Å². The lowest BCUT2D eigenvalue weighted by molar-refractivity contribution is 0.0492. The van der Waals surface area contributed by atoms with Crippen LogP contribution in [0.2, 0.25) is 10.0 Å². The molecule has 0 saturated heterocycles. The summed E-state index contributed by atoms with van der Waals surface area (Å²) in [6, 6.07) is 4.62. The number of aromatic nitrogens is 5. The minimum Gasteiger partial charge on any atom is -0.401 e. The molecule has 0 radical (unpaired) electrons. The molecule has 0 aliphatic carbocycles. The Kier molecular flexibility index (Phi) is 5.67. The van der Waals surface area contributed by atoms with Gasteiger partial charge in [0.15, 0.2) is 11.8 Å². The molecular formula is C22H19Cl2FN6O2. The number of pyridine rings is 1. The van der Waals surface area contributed by atoms with Crippen molar-refractivity contribution in [3.8, 4) is 11.1 Å². The zero-order valence-electron chi connectivity index (χ0n) is 17.5. The van der Waals surface area contributed by atoms with Gasteiger partial charge >= 0.3 is 5.69 Å². The van der Waals surface area contributed by atoms with E-state index in [0.29, 0.717) is 11.2 Å². The second-order valence-electron chi connectivity index (χ2n) is 7.80. The minimum absolute atomic E-state index is 0.151. The molecule has 3 aromatic heterocycles. The van der Waals surface area contributed by atoms with Crippen molar-refractivity contribution < 1.29 is 9.23 Å². The van der Waals surface area contributed by atoms with E-state index in [-0.39, 0.29) is 21.7 Å².